The van der Waals surface area contributed by atoms with Crippen molar-refractivity contribution in [3.63, 3.8) is 0 Å². The smallest absolute Gasteiger partial charge is 0.240 e. The van der Waals surface area contributed by atoms with E-state index in [1.165, 1.54) is 0 Å². The molecular weight excluding hydrogens is 228 g/mol. The Kier molecular flexibility index (Phi) is 5.60. The zero-order valence-electron chi connectivity index (χ0n) is 12.2. The minimum absolute atomic E-state index is 0.182. The SMILES string of the molecule is CCCC(C)OCC(NC(C)C)(C(N)=O)C1CC1. The van der Waals surface area contributed by atoms with Gasteiger partial charge in [0, 0.05) is 6.04 Å². The number of carbonyl (C=O) groups excluding carboxylic acids is 1. The number of primary amides is 1. The normalized spacial score (nSPS) is 20.7. The molecule has 2 atom stereocenters. The predicted molar refractivity (Wildman–Crippen MR) is 73.2 cm³/mol. The molecule has 2 unspecified atom stereocenters. The highest BCUT2D eigenvalue weighted by atomic mass is 16.5. The molecule has 0 aromatic carbocycles. The van der Waals surface area contributed by atoms with Gasteiger partial charge in [-0.1, -0.05) is 13.3 Å². The van der Waals surface area contributed by atoms with Crippen molar-refractivity contribution >= 4 is 5.91 Å². The Morgan fingerprint density at radius 2 is 2.06 bits per heavy atom. The first-order valence-electron chi connectivity index (χ1n) is 7.11. The van der Waals surface area contributed by atoms with Crippen LogP contribution in [0.1, 0.15) is 53.4 Å². The molecule has 1 saturated carbocycles. The second-order valence-corrected chi connectivity index (χ2v) is 5.82. The molecule has 0 heterocycles. The Hall–Kier alpha value is -0.610. The van der Waals surface area contributed by atoms with Crippen molar-refractivity contribution in [3.05, 3.63) is 0 Å². The van der Waals surface area contributed by atoms with Gasteiger partial charge in [0.25, 0.3) is 0 Å². The zero-order chi connectivity index (χ0) is 13.8. The van der Waals surface area contributed by atoms with Crippen molar-refractivity contribution in [1.29, 1.82) is 0 Å². The zero-order valence-corrected chi connectivity index (χ0v) is 12.2. The van der Waals surface area contributed by atoms with E-state index in [9.17, 15) is 4.79 Å². The summed E-state index contributed by atoms with van der Waals surface area (Å²) in [5, 5.41) is 3.35. The number of hydrogen-bond donors (Lipinski definition) is 2. The van der Waals surface area contributed by atoms with Crippen molar-refractivity contribution < 1.29 is 9.53 Å². The molecule has 0 aromatic rings. The van der Waals surface area contributed by atoms with Crippen LogP contribution in [-0.4, -0.2) is 30.2 Å². The van der Waals surface area contributed by atoms with Gasteiger partial charge in [0.1, 0.15) is 5.54 Å². The third-order valence-corrected chi connectivity index (χ3v) is 3.55. The van der Waals surface area contributed by atoms with Crippen LogP contribution in [0.4, 0.5) is 0 Å². The van der Waals surface area contributed by atoms with Gasteiger partial charge in [0.15, 0.2) is 0 Å². The number of nitrogens with two attached hydrogens (primary N) is 1. The standard InChI is InChI=1S/C14H28N2O2/c1-5-6-11(4)18-9-14(13(15)17,12-7-8-12)16-10(2)3/h10-12,16H,5-9H2,1-4H3,(H2,15,17). The summed E-state index contributed by atoms with van der Waals surface area (Å²) in [5.41, 5.74) is 4.97. The first-order valence-corrected chi connectivity index (χ1v) is 7.11. The summed E-state index contributed by atoms with van der Waals surface area (Å²) in [4.78, 5) is 11.9. The van der Waals surface area contributed by atoms with Crippen molar-refractivity contribution in [2.24, 2.45) is 11.7 Å². The van der Waals surface area contributed by atoms with Crippen LogP contribution < -0.4 is 11.1 Å². The number of rotatable bonds is 9. The Balaban J connectivity index is 2.67. The lowest BCUT2D eigenvalue weighted by atomic mass is 9.92. The Morgan fingerprint density at radius 1 is 1.44 bits per heavy atom. The van der Waals surface area contributed by atoms with Crippen LogP contribution in [0.5, 0.6) is 0 Å². The van der Waals surface area contributed by atoms with Gasteiger partial charge in [0.2, 0.25) is 5.91 Å². The van der Waals surface area contributed by atoms with Gasteiger partial charge in [-0.15, -0.1) is 0 Å². The third kappa shape index (κ3) is 3.95. The van der Waals surface area contributed by atoms with E-state index in [4.69, 9.17) is 10.5 Å². The van der Waals surface area contributed by atoms with E-state index in [1.54, 1.807) is 0 Å². The van der Waals surface area contributed by atoms with E-state index in [0.29, 0.717) is 12.5 Å². The van der Waals surface area contributed by atoms with Gasteiger partial charge in [-0.3, -0.25) is 10.1 Å². The number of ether oxygens (including phenoxy) is 1. The first kappa shape index (κ1) is 15.4. The molecule has 1 fully saturated rings. The molecule has 0 spiro atoms. The van der Waals surface area contributed by atoms with Crippen molar-refractivity contribution in [2.75, 3.05) is 6.61 Å². The number of amides is 1. The number of nitrogens with one attached hydrogen (secondary N) is 1. The van der Waals surface area contributed by atoms with Gasteiger partial charge >= 0.3 is 0 Å². The maximum absolute atomic E-state index is 11.9. The van der Waals surface area contributed by atoms with Crippen LogP contribution in [0.2, 0.25) is 0 Å². The summed E-state index contributed by atoms with van der Waals surface area (Å²) in [5.74, 6) is 0.0635. The van der Waals surface area contributed by atoms with Crippen LogP contribution >= 0.6 is 0 Å². The lowest BCUT2D eigenvalue weighted by molar-refractivity contribution is -0.130. The Morgan fingerprint density at radius 3 is 2.44 bits per heavy atom. The van der Waals surface area contributed by atoms with Gasteiger partial charge in [-0.05, 0) is 46.0 Å². The van der Waals surface area contributed by atoms with Crippen LogP contribution in [0.25, 0.3) is 0 Å². The quantitative estimate of drug-likeness (QED) is 0.661. The summed E-state index contributed by atoms with van der Waals surface area (Å²) in [7, 11) is 0. The van der Waals surface area contributed by atoms with Crippen LogP contribution in [-0.2, 0) is 9.53 Å². The molecule has 0 saturated heterocycles. The Bertz CT molecular complexity index is 277. The summed E-state index contributed by atoms with van der Waals surface area (Å²) in [6.07, 6.45) is 4.41. The van der Waals surface area contributed by atoms with Crippen molar-refractivity contribution in [3.8, 4) is 0 Å². The Labute approximate surface area is 111 Å². The van der Waals surface area contributed by atoms with Gasteiger partial charge in [-0.25, -0.2) is 0 Å². The van der Waals surface area contributed by atoms with Crippen molar-refractivity contribution in [2.45, 2.75) is 71.1 Å². The minimum atomic E-state index is -0.670. The average Bonchev–Trinajstić information content (AvgIpc) is 3.07. The molecular formula is C14H28N2O2. The molecule has 0 radical (unpaired) electrons. The number of carbonyl (C=O) groups is 1. The monoisotopic (exact) mass is 256 g/mol. The molecule has 0 aromatic heterocycles. The molecule has 18 heavy (non-hydrogen) atoms. The minimum Gasteiger partial charge on any atom is -0.376 e. The average molecular weight is 256 g/mol. The van der Waals surface area contributed by atoms with Crippen LogP contribution in [0.15, 0.2) is 0 Å². The summed E-state index contributed by atoms with van der Waals surface area (Å²) >= 11 is 0. The molecule has 4 nitrogen and oxygen atoms in total. The lowest BCUT2D eigenvalue weighted by Crippen LogP contribution is -2.62. The van der Waals surface area contributed by atoms with E-state index < -0.39 is 5.54 Å². The van der Waals surface area contributed by atoms with Crippen LogP contribution in [0.3, 0.4) is 0 Å². The second kappa shape index (κ2) is 6.53. The first-order chi connectivity index (χ1) is 8.42. The van der Waals surface area contributed by atoms with Crippen molar-refractivity contribution in [1.82, 2.24) is 5.32 Å². The topological polar surface area (TPSA) is 64.3 Å². The highest BCUT2D eigenvalue weighted by Gasteiger charge is 2.50. The van der Waals surface area contributed by atoms with Crippen LogP contribution in [0, 0.1) is 5.92 Å². The predicted octanol–water partition coefficient (Wildman–Crippen LogP) is 1.82. The van der Waals surface area contributed by atoms with Gasteiger partial charge in [0.05, 0.1) is 12.7 Å². The lowest BCUT2D eigenvalue weighted by Gasteiger charge is -2.34. The largest absolute Gasteiger partial charge is 0.376 e. The fourth-order valence-corrected chi connectivity index (χ4v) is 2.48. The summed E-state index contributed by atoms with van der Waals surface area (Å²) in [6, 6.07) is 0.225. The molecule has 1 amide bonds. The number of hydrogen-bond acceptors (Lipinski definition) is 3. The van der Waals surface area contributed by atoms with E-state index >= 15 is 0 Å². The highest BCUT2D eigenvalue weighted by Crippen LogP contribution is 2.40. The highest BCUT2D eigenvalue weighted by molar-refractivity contribution is 5.85. The fourth-order valence-electron chi connectivity index (χ4n) is 2.48. The molecule has 4 heteroatoms. The summed E-state index contributed by atoms with van der Waals surface area (Å²) in [6.45, 7) is 8.66. The van der Waals surface area contributed by atoms with Gasteiger partial charge in [-0.2, -0.15) is 0 Å². The van der Waals surface area contributed by atoms with E-state index in [0.717, 1.165) is 25.7 Å². The van der Waals surface area contributed by atoms with E-state index in [-0.39, 0.29) is 18.1 Å². The summed E-state index contributed by atoms with van der Waals surface area (Å²) < 4.78 is 5.85. The maximum Gasteiger partial charge on any atom is 0.240 e. The molecule has 1 aliphatic rings. The molecule has 0 aliphatic heterocycles. The maximum atomic E-state index is 11.9. The molecule has 1 rings (SSSR count). The molecule has 0 bridgehead atoms. The molecule has 106 valence electrons. The second-order valence-electron chi connectivity index (χ2n) is 5.82. The molecule has 3 N–H and O–H groups in total. The van der Waals surface area contributed by atoms with E-state index in [2.05, 4.69) is 19.2 Å². The van der Waals surface area contributed by atoms with Gasteiger partial charge < -0.3 is 10.5 Å². The molecule has 1 aliphatic carbocycles. The third-order valence-electron chi connectivity index (χ3n) is 3.55. The van der Waals surface area contributed by atoms with E-state index in [1.807, 2.05) is 13.8 Å². The fraction of sp³-hybridized carbons (Fsp3) is 0.929.